The van der Waals surface area contributed by atoms with Gasteiger partial charge in [-0.1, -0.05) is 12.1 Å². The number of amidine groups is 1. The number of nitrogens with zero attached hydrogens (tertiary/aromatic N) is 3. The van der Waals surface area contributed by atoms with Crippen molar-refractivity contribution in [2.45, 2.75) is 6.92 Å². The number of aliphatic imine (C=N–C) groups is 1. The smallest absolute Gasteiger partial charge is 0.199 e. The molecule has 1 aromatic carbocycles. The molecule has 0 unspecified atom stereocenters. The van der Waals surface area contributed by atoms with Gasteiger partial charge in [-0.05, 0) is 34.9 Å². The lowest BCUT2D eigenvalue weighted by Crippen LogP contribution is -2.15. The molecule has 82 valence electrons. The Bertz CT molecular complexity index is 532. The van der Waals surface area contributed by atoms with E-state index in [0.717, 1.165) is 11.3 Å². The number of hydrogen-bond acceptors (Lipinski definition) is 5. The van der Waals surface area contributed by atoms with Crippen molar-refractivity contribution in [2.75, 3.05) is 5.73 Å². The molecule has 0 spiro atoms. The van der Waals surface area contributed by atoms with Gasteiger partial charge in [0.05, 0.1) is 5.69 Å². The van der Waals surface area contributed by atoms with Crippen LogP contribution in [0.15, 0.2) is 33.9 Å². The summed E-state index contributed by atoms with van der Waals surface area (Å²) in [5.74, 6) is 0.318. The highest BCUT2D eigenvalue weighted by Gasteiger charge is 2.10. The van der Waals surface area contributed by atoms with E-state index in [1.54, 1.807) is 0 Å². The summed E-state index contributed by atoms with van der Waals surface area (Å²) in [5, 5.41) is 7.00. The summed E-state index contributed by atoms with van der Waals surface area (Å²) in [4.78, 5) is 4.18. The molecule has 0 amide bonds. The fourth-order valence-corrected chi connectivity index (χ4v) is 1.26. The molecule has 2 aromatic rings. The molecule has 0 fully saturated rings. The van der Waals surface area contributed by atoms with Gasteiger partial charge in [-0.25, -0.2) is 9.62 Å². The average Bonchev–Trinajstić information content (AvgIpc) is 2.64. The minimum Gasteiger partial charge on any atom is -0.382 e. The molecule has 4 N–H and O–H groups in total. The zero-order valence-corrected chi connectivity index (χ0v) is 8.71. The van der Waals surface area contributed by atoms with Gasteiger partial charge < -0.3 is 11.5 Å². The van der Waals surface area contributed by atoms with Gasteiger partial charge in [0, 0.05) is 0 Å². The molecule has 0 saturated heterocycles. The quantitative estimate of drug-likeness (QED) is 0.576. The molecule has 1 heterocycles. The first-order valence-electron chi connectivity index (χ1n) is 4.66. The molecule has 0 atom stereocenters. The van der Waals surface area contributed by atoms with Crippen molar-refractivity contribution in [3.63, 3.8) is 0 Å². The highest BCUT2D eigenvalue weighted by atomic mass is 16.6. The number of hydrogen-bond donors (Lipinski definition) is 2. The molecule has 0 saturated carbocycles. The van der Waals surface area contributed by atoms with Gasteiger partial charge in [-0.3, -0.25) is 0 Å². The maximum absolute atomic E-state index is 5.73. The lowest BCUT2D eigenvalue weighted by molar-refractivity contribution is 0.308. The number of nitrogen functional groups attached to an aromatic ring is 1. The van der Waals surface area contributed by atoms with Gasteiger partial charge in [0.2, 0.25) is 0 Å². The topological polar surface area (TPSA) is 103 Å². The summed E-state index contributed by atoms with van der Waals surface area (Å²) in [5.41, 5.74) is 13.3. The zero-order chi connectivity index (χ0) is 11.5. The van der Waals surface area contributed by atoms with Crippen LogP contribution < -0.4 is 11.5 Å². The molecule has 16 heavy (non-hydrogen) atoms. The van der Waals surface area contributed by atoms with Crippen LogP contribution in [0.4, 0.5) is 11.5 Å². The van der Waals surface area contributed by atoms with E-state index in [1.807, 2.05) is 31.2 Å². The number of rotatable bonds is 2. The Morgan fingerprint density at radius 2 is 2.19 bits per heavy atom. The SMILES string of the molecule is Cc1cccc(N=C(N)c2nonc2N)c1. The molecule has 0 aliphatic rings. The highest BCUT2D eigenvalue weighted by molar-refractivity contribution is 6.00. The molecular weight excluding hydrogens is 206 g/mol. The summed E-state index contributed by atoms with van der Waals surface area (Å²) in [6.45, 7) is 1.97. The van der Waals surface area contributed by atoms with Crippen LogP contribution in [0.5, 0.6) is 0 Å². The summed E-state index contributed by atoms with van der Waals surface area (Å²) in [7, 11) is 0. The number of anilines is 1. The van der Waals surface area contributed by atoms with Crippen molar-refractivity contribution in [3.05, 3.63) is 35.5 Å². The van der Waals surface area contributed by atoms with Crippen LogP contribution in [-0.2, 0) is 0 Å². The second-order valence-electron chi connectivity index (χ2n) is 3.33. The van der Waals surface area contributed by atoms with Crippen LogP contribution in [0.3, 0.4) is 0 Å². The van der Waals surface area contributed by atoms with E-state index in [0.29, 0.717) is 0 Å². The lowest BCUT2D eigenvalue weighted by Gasteiger charge is -1.98. The van der Waals surface area contributed by atoms with E-state index in [2.05, 4.69) is 19.9 Å². The first kappa shape index (κ1) is 10.2. The summed E-state index contributed by atoms with van der Waals surface area (Å²) in [6.07, 6.45) is 0. The molecule has 2 rings (SSSR count). The summed E-state index contributed by atoms with van der Waals surface area (Å²) >= 11 is 0. The molecule has 6 nitrogen and oxygen atoms in total. The monoisotopic (exact) mass is 217 g/mol. The van der Waals surface area contributed by atoms with Crippen LogP contribution >= 0.6 is 0 Å². The second kappa shape index (κ2) is 4.01. The fourth-order valence-electron chi connectivity index (χ4n) is 1.26. The third-order valence-electron chi connectivity index (χ3n) is 2.01. The second-order valence-corrected chi connectivity index (χ2v) is 3.33. The van der Waals surface area contributed by atoms with Crippen LogP contribution in [0.1, 0.15) is 11.3 Å². The highest BCUT2D eigenvalue weighted by Crippen LogP contribution is 2.15. The van der Waals surface area contributed by atoms with Gasteiger partial charge in [-0.15, -0.1) is 0 Å². The zero-order valence-electron chi connectivity index (χ0n) is 8.71. The molecule has 0 aliphatic heterocycles. The van der Waals surface area contributed by atoms with E-state index in [1.165, 1.54) is 0 Å². The van der Waals surface area contributed by atoms with Gasteiger partial charge >= 0.3 is 0 Å². The van der Waals surface area contributed by atoms with Gasteiger partial charge in [0.25, 0.3) is 0 Å². The fraction of sp³-hybridized carbons (Fsp3) is 0.100. The largest absolute Gasteiger partial charge is 0.382 e. The lowest BCUT2D eigenvalue weighted by atomic mass is 10.2. The first-order chi connectivity index (χ1) is 7.66. The number of aromatic nitrogens is 2. The van der Waals surface area contributed by atoms with Crippen molar-refractivity contribution >= 4 is 17.3 Å². The Hall–Kier alpha value is -2.37. The Balaban J connectivity index is 2.35. The molecule has 0 aliphatic carbocycles. The van der Waals surface area contributed by atoms with Crippen LogP contribution in [0.25, 0.3) is 0 Å². The maximum Gasteiger partial charge on any atom is 0.199 e. The third kappa shape index (κ3) is 2.00. The summed E-state index contributed by atoms with van der Waals surface area (Å²) < 4.78 is 4.44. The van der Waals surface area contributed by atoms with E-state index in [4.69, 9.17) is 11.5 Å². The van der Waals surface area contributed by atoms with Gasteiger partial charge in [-0.2, -0.15) is 0 Å². The first-order valence-corrected chi connectivity index (χ1v) is 4.66. The Morgan fingerprint density at radius 1 is 1.38 bits per heavy atom. The standard InChI is InChI=1S/C10H11N5O/c1-6-3-2-4-7(5-6)13-9(11)8-10(12)15-16-14-8/h2-5H,1H3,(H2,11,13)(H2,12,15). The number of nitrogens with two attached hydrogens (primary N) is 2. The summed E-state index contributed by atoms with van der Waals surface area (Å²) in [6, 6.07) is 7.60. The van der Waals surface area contributed by atoms with Crippen LogP contribution in [0, 0.1) is 6.92 Å². The molecule has 0 radical (unpaired) electrons. The van der Waals surface area contributed by atoms with E-state index >= 15 is 0 Å². The van der Waals surface area contributed by atoms with Crippen molar-refractivity contribution in [1.82, 2.24) is 10.3 Å². The Kier molecular flexibility index (Phi) is 2.55. The number of aryl methyl sites for hydroxylation is 1. The van der Waals surface area contributed by atoms with E-state index < -0.39 is 0 Å². The Labute approximate surface area is 91.9 Å². The van der Waals surface area contributed by atoms with Gasteiger partial charge in [0.15, 0.2) is 17.3 Å². The molecule has 6 heteroatoms. The van der Waals surface area contributed by atoms with Crippen molar-refractivity contribution in [3.8, 4) is 0 Å². The van der Waals surface area contributed by atoms with E-state index in [9.17, 15) is 0 Å². The number of benzene rings is 1. The predicted octanol–water partition coefficient (Wildman–Crippen LogP) is 0.997. The van der Waals surface area contributed by atoms with Crippen LogP contribution in [-0.4, -0.2) is 16.1 Å². The van der Waals surface area contributed by atoms with Gasteiger partial charge in [0.1, 0.15) is 0 Å². The minimum absolute atomic E-state index is 0.133. The van der Waals surface area contributed by atoms with Crippen molar-refractivity contribution in [1.29, 1.82) is 0 Å². The normalized spacial score (nSPS) is 11.7. The average molecular weight is 217 g/mol. The van der Waals surface area contributed by atoms with E-state index in [-0.39, 0.29) is 17.3 Å². The molecule has 1 aromatic heterocycles. The maximum atomic E-state index is 5.73. The third-order valence-corrected chi connectivity index (χ3v) is 2.01. The molecular formula is C10H11N5O. The molecule has 0 bridgehead atoms. The predicted molar refractivity (Wildman–Crippen MR) is 60.3 cm³/mol. The minimum atomic E-state index is 0.133. The van der Waals surface area contributed by atoms with Crippen molar-refractivity contribution < 1.29 is 4.63 Å². The van der Waals surface area contributed by atoms with Crippen molar-refractivity contribution in [2.24, 2.45) is 10.7 Å². The van der Waals surface area contributed by atoms with Crippen LogP contribution in [0.2, 0.25) is 0 Å². The Morgan fingerprint density at radius 3 is 2.81 bits per heavy atom.